The van der Waals surface area contributed by atoms with Crippen molar-refractivity contribution in [3.8, 4) is 6.07 Å². The minimum absolute atomic E-state index is 0.00830. The molecule has 1 heterocycles. The third-order valence-electron chi connectivity index (χ3n) is 2.14. The summed E-state index contributed by atoms with van der Waals surface area (Å²) in [6.07, 6.45) is 0. The first-order valence-electron chi connectivity index (χ1n) is 4.89. The Morgan fingerprint density at radius 2 is 2.17 bits per heavy atom. The molecule has 0 unspecified atom stereocenters. The molecule has 2 rings (SSSR count). The summed E-state index contributed by atoms with van der Waals surface area (Å²) in [5.41, 5.74) is 0.672. The maximum absolute atomic E-state index is 13.7. The van der Waals surface area contributed by atoms with E-state index in [1.165, 1.54) is 0 Å². The van der Waals surface area contributed by atoms with Crippen molar-refractivity contribution in [3.63, 3.8) is 0 Å². The highest BCUT2D eigenvalue weighted by Gasteiger charge is 2.10. The van der Waals surface area contributed by atoms with Gasteiger partial charge in [0.15, 0.2) is 11.6 Å². The van der Waals surface area contributed by atoms with Gasteiger partial charge in [0.25, 0.3) is 0 Å². The van der Waals surface area contributed by atoms with Crippen LogP contribution in [0.1, 0.15) is 5.56 Å². The normalized spacial score (nSPS) is 9.89. The van der Waals surface area contributed by atoms with E-state index in [4.69, 9.17) is 16.9 Å². The molecular weight excluding hydrogens is 321 g/mol. The number of halogens is 3. The van der Waals surface area contributed by atoms with Gasteiger partial charge in [0.1, 0.15) is 11.2 Å². The molecule has 90 valence electrons. The summed E-state index contributed by atoms with van der Waals surface area (Å²) in [6.45, 7) is 0. The molecule has 2 aromatic rings. The van der Waals surface area contributed by atoms with Crippen LogP contribution in [0.5, 0.6) is 0 Å². The Balaban J connectivity index is 2.36. The Hall–Kier alpha value is -1.64. The second-order valence-electron chi connectivity index (χ2n) is 3.40. The standard InChI is InChI=1S/C12H6BrClFN3/c13-8-2-1-3-9(5-8)17-12-10(15)4-7(6-16)11(14)18-12/h1-5H,(H,17,18). The van der Waals surface area contributed by atoms with Crippen molar-refractivity contribution in [3.05, 3.63) is 51.3 Å². The first-order chi connectivity index (χ1) is 8.60. The van der Waals surface area contributed by atoms with Gasteiger partial charge in [-0.15, -0.1) is 0 Å². The summed E-state index contributed by atoms with van der Waals surface area (Å²) >= 11 is 9.06. The van der Waals surface area contributed by atoms with Crippen molar-refractivity contribution in [2.75, 3.05) is 5.32 Å². The van der Waals surface area contributed by atoms with Crippen molar-refractivity contribution in [1.82, 2.24) is 4.98 Å². The van der Waals surface area contributed by atoms with Crippen molar-refractivity contribution < 1.29 is 4.39 Å². The van der Waals surface area contributed by atoms with Crippen molar-refractivity contribution in [2.24, 2.45) is 0 Å². The van der Waals surface area contributed by atoms with Crippen molar-refractivity contribution >= 4 is 39.0 Å². The number of hydrogen-bond donors (Lipinski definition) is 1. The Morgan fingerprint density at radius 3 is 2.83 bits per heavy atom. The van der Waals surface area contributed by atoms with E-state index < -0.39 is 5.82 Å². The molecule has 1 aromatic heterocycles. The lowest BCUT2D eigenvalue weighted by atomic mass is 10.3. The zero-order chi connectivity index (χ0) is 13.1. The van der Waals surface area contributed by atoms with Gasteiger partial charge in [-0.05, 0) is 24.3 Å². The highest BCUT2D eigenvalue weighted by atomic mass is 79.9. The van der Waals surface area contributed by atoms with Gasteiger partial charge in [0.2, 0.25) is 0 Å². The number of pyridine rings is 1. The number of hydrogen-bond acceptors (Lipinski definition) is 3. The van der Waals surface area contributed by atoms with E-state index in [9.17, 15) is 4.39 Å². The van der Waals surface area contributed by atoms with E-state index in [2.05, 4.69) is 26.2 Å². The summed E-state index contributed by atoms with van der Waals surface area (Å²) in [6, 6.07) is 10.00. The fourth-order valence-corrected chi connectivity index (χ4v) is 1.92. The topological polar surface area (TPSA) is 48.7 Å². The van der Waals surface area contributed by atoms with Gasteiger partial charge in [-0.25, -0.2) is 9.37 Å². The number of nitrogens with zero attached hydrogens (tertiary/aromatic N) is 2. The predicted molar refractivity (Wildman–Crippen MR) is 71.3 cm³/mol. The molecule has 3 nitrogen and oxygen atoms in total. The quantitative estimate of drug-likeness (QED) is 0.839. The summed E-state index contributed by atoms with van der Waals surface area (Å²) in [7, 11) is 0. The molecule has 18 heavy (non-hydrogen) atoms. The second-order valence-corrected chi connectivity index (χ2v) is 4.68. The zero-order valence-electron chi connectivity index (χ0n) is 8.92. The maximum Gasteiger partial charge on any atom is 0.168 e. The number of nitriles is 1. The zero-order valence-corrected chi connectivity index (χ0v) is 11.3. The molecule has 0 aliphatic carbocycles. The minimum atomic E-state index is -0.629. The van der Waals surface area contributed by atoms with Crippen LogP contribution in [0.4, 0.5) is 15.9 Å². The Kier molecular flexibility index (Phi) is 3.80. The van der Waals surface area contributed by atoms with Crippen LogP contribution in [0.25, 0.3) is 0 Å². The molecule has 6 heteroatoms. The monoisotopic (exact) mass is 325 g/mol. The summed E-state index contributed by atoms with van der Waals surface area (Å²) in [5, 5.41) is 11.5. The second kappa shape index (κ2) is 5.34. The van der Waals surface area contributed by atoms with Crippen LogP contribution < -0.4 is 5.32 Å². The van der Waals surface area contributed by atoms with Gasteiger partial charge in [-0.1, -0.05) is 33.6 Å². The first kappa shape index (κ1) is 12.8. The van der Waals surface area contributed by atoms with Gasteiger partial charge in [-0.3, -0.25) is 0 Å². The largest absolute Gasteiger partial charge is 0.338 e. The molecule has 1 aromatic carbocycles. The van der Waals surface area contributed by atoms with Crippen LogP contribution in [-0.4, -0.2) is 4.98 Å². The van der Waals surface area contributed by atoms with Crippen LogP contribution in [-0.2, 0) is 0 Å². The lowest BCUT2D eigenvalue weighted by Gasteiger charge is -2.07. The maximum atomic E-state index is 13.7. The van der Waals surface area contributed by atoms with E-state index in [-0.39, 0.29) is 16.5 Å². The summed E-state index contributed by atoms with van der Waals surface area (Å²) < 4.78 is 14.5. The molecule has 0 atom stereocenters. The van der Waals surface area contributed by atoms with E-state index in [0.717, 1.165) is 10.5 Å². The van der Waals surface area contributed by atoms with Gasteiger partial charge in [-0.2, -0.15) is 5.26 Å². The molecule has 0 fully saturated rings. The van der Waals surface area contributed by atoms with E-state index >= 15 is 0 Å². The van der Waals surface area contributed by atoms with Crippen LogP contribution in [0.3, 0.4) is 0 Å². The SMILES string of the molecule is N#Cc1cc(F)c(Nc2cccc(Br)c2)nc1Cl. The van der Waals surface area contributed by atoms with Gasteiger partial charge in [0, 0.05) is 10.2 Å². The van der Waals surface area contributed by atoms with Gasteiger partial charge < -0.3 is 5.32 Å². The van der Waals surface area contributed by atoms with E-state index in [1.807, 2.05) is 6.07 Å². The molecule has 0 aliphatic heterocycles. The Bertz CT molecular complexity index is 640. The third kappa shape index (κ3) is 2.78. The fourth-order valence-electron chi connectivity index (χ4n) is 1.34. The molecule has 0 aliphatic rings. The average Bonchev–Trinajstić information content (AvgIpc) is 2.33. The molecule has 0 saturated carbocycles. The van der Waals surface area contributed by atoms with Crippen LogP contribution >= 0.6 is 27.5 Å². The third-order valence-corrected chi connectivity index (χ3v) is 2.92. The summed E-state index contributed by atoms with van der Waals surface area (Å²) in [5.74, 6) is -0.645. The molecule has 0 saturated heterocycles. The number of aromatic nitrogens is 1. The predicted octanol–water partition coefficient (Wildman–Crippen LogP) is 4.25. The number of rotatable bonds is 2. The molecule has 0 bridgehead atoms. The average molecular weight is 327 g/mol. The van der Waals surface area contributed by atoms with Crippen molar-refractivity contribution in [1.29, 1.82) is 5.26 Å². The highest BCUT2D eigenvalue weighted by Crippen LogP contribution is 2.24. The Morgan fingerprint density at radius 1 is 1.39 bits per heavy atom. The van der Waals surface area contributed by atoms with E-state index in [0.29, 0.717) is 5.69 Å². The minimum Gasteiger partial charge on any atom is -0.338 e. The Labute approximate surface area is 116 Å². The van der Waals surface area contributed by atoms with Gasteiger partial charge >= 0.3 is 0 Å². The van der Waals surface area contributed by atoms with Crippen molar-refractivity contribution in [2.45, 2.75) is 0 Å². The molecule has 0 spiro atoms. The molecule has 1 N–H and O–H groups in total. The number of nitrogens with one attached hydrogen (secondary N) is 1. The van der Waals surface area contributed by atoms with Crippen LogP contribution in [0.2, 0.25) is 5.15 Å². The molecule has 0 radical (unpaired) electrons. The number of benzene rings is 1. The molecule has 0 amide bonds. The smallest absolute Gasteiger partial charge is 0.168 e. The molecular formula is C12H6BrClFN3. The van der Waals surface area contributed by atoms with E-state index in [1.54, 1.807) is 24.3 Å². The number of anilines is 2. The highest BCUT2D eigenvalue weighted by molar-refractivity contribution is 9.10. The van der Waals surface area contributed by atoms with Gasteiger partial charge in [0.05, 0.1) is 5.56 Å². The lowest BCUT2D eigenvalue weighted by molar-refractivity contribution is 0.626. The fraction of sp³-hybridized carbons (Fsp3) is 0. The lowest BCUT2D eigenvalue weighted by Crippen LogP contribution is -1.99. The van der Waals surface area contributed by atoms with Crippen LogP contribution in [0.15, 0.2) is 34.8 Å². The van der Waals surface area contributed by atoms with Crippen LogP contribution in [0, 0.1) is 17.1 Å². The summed E-state index contributed by atoms with van der Waals surface area (Å²) in [4.78, 5) is 3.81. The first-order valence-corrected chi connectivity index (χ1v) is 6.06.